The van der Waals surface area contributed by atoms with Gasteiger partial charge in [-0.1, -0.05) is 13.8 Å². The van der Waals surface area contributed by atoms with Crippen molar-refractivity contribution in [3.05, 3.63) is 23.3 Å². The first-order valence-electron chi connectivity index (χ1n) is 6.70. The van der Waals surface area contributed by atoms with E-state index < -0.39 is 0 Å². The number of rotatable bonds is 4. The minimum absolute atomic E-state index is 0.0738. The highest BCUT2D eigenvalue weighted by molar-refractivity contribution is 5.26. The molecule has 0 fully saturated rings. The Morgan fingerprint density at radius 3 is 3.00 bits per heavy atom. The van der Waals surface area contributed by atoms with Crippen molar-refractivity contribution in [2.45, 2.75) is 46.1 Å². The Hall–Kier alpha value is -1.00. The van der Waals surface area contributed by atoms with Gasteiger partial charge in [-0.2, -0.15) is 0 Å². The van der Waals surface area contributed by atoms with Gasteiger partial charge in [0.2, 0.25) is 0 Å². The third-order valence-corrected chi connectivity index (χ3v) is 3.44. The van der Waals surface area contributed by atoms with E-state index in [4.69, 9.17) is 10.5 Å². The molecule has 0 aromatic carbocycles. The monoisotopic (exact) mass is 249 g/mol. The van der Waals surface area contributed by atoms with E-state index in [0.29, 0.717) is 6.61 Å². The predicted octanol–water partition coefficient (Wildman–Crippen LogP) is 2.03. The fourth-order valence-corrected chi connectivity index (χ4v) is 2.58. The van der Waals surface area contributed by atoms with Crippen LogP contribution in [0.2, 0.25) is 0 Å². The molecule has 0 saturated heterocycles. The molecule has 0 radical (unpaired) electrons. The van der Waals surface area contributed by atoms with Crippen molar-refractivity contribution in [1.82, 2.24) is 9.97 Å². The molecule has 0 amide bonds. The Morgan fingerprint density at radius 2 is 2.28 bits per heavy atom. The Morgan fingerprint density at radius 1 is 1.50 bits per heavy atom. The van der Waals surface area contributed by atoms with Crippen LogP contribution < -0.4 is 5.73 Å². The van der Waals surface area contributed by atoms with Gasteiger partial charge in [0, 0.05) is 36.5 Å². The van der Waals surface area contributed by atoms with Crippen LogP contribution in [-0.4, -0.2) is 23.2 Å². The molecule has 0 spiro atoms. The van der Waals surface area contributed by atoms with Gasteiger partial charge in [-0.3, -0.25) is 0 Å². The summed E-state index contributed by atoms with van der Waals surface area (Å²) in [6, 6.07) is 0.0738. The van der Waals surface area contributed by atoms with Gasteiger partial charge in [-0.05, 0) is 25.2 Å². The molecule has 4 heteroatoms. The number of fused-ring (bicyclic) bond motifs is 1. The highest BCUT2D eigenvalue weighted by atomic mass is 16.5. The Kier molecular flexibility index (Phi) is 3.97. The van der Waals surface area contributed by atoms with E-state index in [-0.39, 0.29) is 11.5 Å². The molecule has 4 nitrogen and oxygen atoms in total. The van der Waals surface area contributed by atoms with Crippen LogP contribution in [0.25, 0.3) is 0 Å². The van der Waals surface area contributed by atoms with Crippen LogP contribution in [0.5, 0.6) is 0 Å². The highest BCUT2D eigenvalue weighted by Crippen LogP contribution is 2.38. The average Bonchev–Trinajstić information content (AvgIpc) is 2.27. The van der Waals surface area contributed by atoms with Crippen molar-refractivity contribution < 1.29 is 4.74 Å². The summed E-state index contributed by atoms with van der Waals surface area (Å²) in [6.07, 6.45) is 4.67. The number of nitrogens with two attached hydrogens (primary N) is 1. The van der Waals surface area contributed by atoms with Crippen LogP contribution in [0.15, 0.2) is 6.20 Å². The molecule has 18 heavy (non-hydrogen) atoms. The van der Waals surface area contributed by atoms with E-state index in [0.717, 1.165) is 43.0 Å². The summed E-state index contributed by atoms with van der Waals surface area (Å²) in [7, 11) is 0. The first kappa shape index (κ1) is 13.4. The third kappa shape index (κ3) is 3.06. The number of nitrogens with zero attached hydrogens (tertiary/aromatic N) is 2. The van der Waals surface area contributed by atoms with Crippen molar-refractivity contribution in [3.8, 4) is 0 Å². The summed E-state index contributed by atoms with van der Waals surface area (Å²) < 4.78 is 5.34. The lowest BCUT2D eigenvalue weighted by Crippen LogP contribution is -2.31. The van der Waals surface area contributed by atoms with Crippen molar-refractivity contribution >= 4 is 0 Å². The molecular weight excluding hydrogens is 226 g/mol. The summed E-state index contributed by atoms with van der Waals surface area (Å²) in [5.74, 6) is 0.868. The van der Waals surface area contributed by atoms with Crippen molar-refractivity contribution in [3.63, 3.8) is 0 Å². The fraction of sp³-hybridized carbons (Fsp3) is 0.714. The van der Waals surface area contributed by atoms with Crippen LogP contribution in [0.1, 0.15) is 50.3 Å². The number of hydrogen-bond acceptors (Lipinski definition) is 4. The number of ether oxygens (including phenoxy) is 1. The second kappa shape index (κ2) is 5.33. The van der Waals surface area contributed by atoms with Crippen LogP contribution in [0.4, 0.5) is 0 Å². The maximum atomic E-state index is 6.19. The Bertz CT molecular complexity index is 418. The van der Waals surface area contributed by atoms with Crippen molar-refractivity contribution in [1.29, 1.82) is 0 Å². The molecule has 1 aliphatic rings. The molecule has 1 heterocycles. The quantitative estimate of drug-likeness (QED) is 0.829. The van der Waals surface area contributed by atoms with Gasteiger partial charge in [0.25, 0.3) is 0 Å². The molecule has 0 saturated carbocycles. The van der Waals surface area contributed by atoms with Crippen LogP contribution in [0, 0.1) is 5.41 Å². The van der Waals surface area contributed by atoms with Gasteiger partial charge >= 0.3 is 0 Å². The van der Waals surface area contributed by atoms with E-state index in [1.807, 2.05) is 13.1 Å². The van der Waals surface area contributed by atoms with Gasteiger partial charge in [0.05, 0.1) is 6.61 Å². The molecule has 1 unspecified atom stereocenters. The number of aromatic nitrogens is 2. The first-order valence-corrected chi connectivity index (χ1v) is 6.70. The van der Waals surface area contributed by atoms with Crippen molar-refractivity contribution in [2.24, 2.45) is 11.1 Å². The lowest BCUT2D eigenvalue weighted by Gasteiger charge is -2.34. The standard InChI is InChI=1S/C14H23N3O/c1-4-18-6-5-13-16-9-10-11(15)7-14(2,3)8-12(10)17-13/h9,11H,4-8,15H2,1-3H3. The lowest BCUT2D eigenvalue weighted by atomic mass is 9.74. The molecular formula is C14H23N3O. The normalized spacial score (nSPS) is 21.7. The molecule has 2 N–H and O–H groups in total. The topological polar surface area (TPSA) is 61.0 Å². The highest BCUT2D eigenvalue weighted by Gasteiger charge is 2.31. The van der Waals surface area contributed by atoms with Crippen molar-refractivity contribution in [2.75, 3.05) is 13.2 Å². The molecule has 1 aliphatic carbocycles. The molecule has 2 rings (SSSR count). The number of hydrogen-bond donors (Lipinski definition) is 1. The largest absolute Gasteiger partial charge is 0.381 e. The van der Waals surface area contributed by atoms with E-state index in [2.05, 4.69) is 23.8 Å². The molecule has 1 atom stereocenters. The summed E-state index contributed by atoms with van der Waals surface area (Å²) in [6.45, 7) is 7.92. The maximum Gasteiger partial charge on any atom is 0.130 e. The van der Waals surface area contributed by atoms with E-state index in [9.17, 15) is 0 Å². The van der Waals surface area contributed by atoms with E-state index >= 15 is 0 Å². The Labute approximate surface area is 109 Å². The van der Waals surface area contributed by atoms with Gasteiger partial charge < -0.3 is 10.5 Å². The Balaban J connectivity index is 2.15. The maximum absolute atomic E-state index is 6.19. The summed E-state index contributed by atoms with van der Waals surface area (Å²) in [5, 5.41) is 0. The molecule has 100 valence electrons. The minimum atomic E-state index is 0.0738. The molecule has 1 aromatic rings. The average molecular weight is 249 g/mol. The molecule has 0 bridgehead atoms. The van der Waals surface area contributed by atoms with Crippen LogP contribution >= 0.6 is 0 Å². The first-order chi connectivity index (χ1) is 8.52. The zero-order valence-corrected chi connectivity index (χ0v) is 11.6. The van der Waals surface area contributed by atoms with Crippen LogP contribution in [0.3, 0.4) is 0 Å². The van der Waals surface area contributed by atoms with E-state index in [1.54, 1.807) is 0 Å². The van der Waals surface area contributed by atoms with Gasteiger partial charge in [0.1, 0.15) is 5.82 Å². The molecule has 1 aromatic heterocycles. The lowest BCUT2D eigenvalue weighted by molar-refractivity contribution is 0.149. The predicted molar refractivity (Wildman–Crippen MR) is 71.3 cm³/mol. The summed E-state index contributed by atoms with van der Waals surface area (Å²) in [4.78, 5) is 9.05. The second-order valence-electron chi connectivity index (χ2n) is 5.79. The fourth-order valence-electron chi connectivity index (χ4n) is 2.58. The molecule has 0 aliphatic heterocycles. The SMILES string of the molecule is CCOCCc1ncc2c(n1)CC(C)(C)CC2N. The van der Waals surface area contributed by atoms with Gasteiger partial charge in [-0.25, -0.2) is 9.97 Å². The minimum Gasteiger partial charge on any atom is -0.381 e. The van der Waals surface area contributed by atoms with Gasteiger partial charge in [0.15, 0.2) is 0 Å². The van der Waals surface area contributed by atoms with Gasteiger partial charge in [-0.15, -0.1) is 0 Å². The van der Waals surface area contributed by atoms with Crippen LogP contribution in [-0.2, 0) is 17.6 Å². The summed E-state index contributed by atoms with van der Waals surface area (Å²) in [5.41, 5.74) is 8.67. The summed E-state index contributed by atoms with van der Waals surface area (Å²) >= 11 is 0. The van der Waals surface area contributed by atoms with E-state index in [1.165, 1.54) is 0 Å². The smallest absolute Gasteiger partial charge is 0.130 e. The second-order valence-corrected chi connectivity index (χ2v) is 5.79. The zero-order chi connectivity index (χ0) is 13.2. The third-order valence-electron chi connectivity index (χ3n) is 3.44. The zero-order valence-electron chi connectivity index (χ0n) is 11.6.